The van der Waals surface area contributed by atoms with Gasteiger partial charge < -0.3 is 14.8 Å². The van der Waals surface area contributed by atoms with Gasteiger partial charge in [-0.15, -0.1) is 11.3 Å². The fraction of sp³-hybridized carbons (Fsp3) is 0.444. The average Bonchev–Trinajstić information content (AvgIpc) is 3.08. The number of methoxy groups -OCH3 is 1. The number of amides is 1. The van der Waals surface area contributed by atoms with Gasteiger partial charge in [0.2, 0.25) is 5.91 Å². The Kier molecular flexibility index (Phi) is 6.38. The van der Waals surface area contributed by atoms with E-state index in [-0.39, 0.29) is 5.91 Å². The summed E-state index contributed by atoms with van der Waals surface area (Å²) in [5.41, 5.74) is 2.11. The van der Waals surface area contributed by atoms with Gasteiger partial charge >= 0.3 is 0 Å². The van der Waals surface area contributed by atoms with Gasteiger partial charge in [-0.2, -0.15) is 0 Å². The number of benzene rings is 1. The summed E-state index contributed by atoms with van der Waals surface area (Å²) < 4.78 is 10.5. The van der Waals surface area contributed by atoms with Crippen LogP contribution in [0.5, 0.6) is 5.75 Å². The van der Waals surface area contributed by atoms with Crippen molar-refractivity contribution in [2.45, 2.75) is 19.4 Å². The molecule has 2 heterocycles. The number of ether oxygens (including phenoxy) is 2. The van der Waals surface area contributed by atoms with Crippen molar-refractivity contribution in [1.82, 2.24) is 9.88 Å². The molecule has 25 heavy (non-hydrogen) atoms. The number of nitrogens with one attached hydrogen (secondary N) is 1. The van der Waals surface area contributed by atoms with Crippen molar-refractivity contribution in [3.63, 3.8) is 0 Å². The molecule has 3 rings (SSSR count). The lowest BCUT2D eigenvalue weighted by Gasteiger charge is -2.25. The summed E-state index contributed by atoms with van der Waals surface area (Å²) in [4.78, 5) is 18.9. The van der Waals surface area contributed by atoms with Gasteiger partial charge in [0.15, 0.2) is 5.13 Å². The molecule has 2 aromatic rings. The number of rotatable bonds is 7. The molecule has 7 heteroatoms. The number of carbonyl (C=O) groups is 1. The summed E-state index contributed by atoms with van der Waals surface area (Å²) in [5.74, 6) is 0.812. The minimum Gasteiger partial charge on any atom is -0.497 e. The van der Waals surface area contributed by atoms with Crippen LogP contribution in [0.4, 0.5) is 5.13 Å². The van der Waals surface area contributed by atoms with E-state index < -0.39 is 0 Å². The molecule has 0 bridgehead atoms. The van der Waals surface area contributed by atoms with Crippen LogP contribution < -0.4 is 10.1 Å². The summed E-state index contributed by atoms with van der Waals surface area (Å²) >= 11 is 1.48. The maximum Gasteiger partial charge on any atom is 0.226 e. The van der Waals surface area contributed by atoms with Gasteiger partial charge in [-0.05, 0) is 24.1 Å². The molecule has 0 unspecified atom stereocenters. The lowest BCUT2D eigenvalue weighted by molar-refractivity contribution is -0.116. The second kappa shape index (κ2) is 8.94. The second-order valence-electron chi connectivity index (χ2n) is 5.93. The van der Waals surface area contributed by atoms with Gasteiger partial charge in [-0.3, -0.25) is 9.69 Å². The summed E-state index contributed by atoms with van der Waals surface area (Å²) in [5, 5.41) is 5.57. The predicted octanol–water partition coefficient (Wildman–Crippen LogP) is 2.56. The van der Waals surface area contributed by atoms with Crippen molar-refractivity contribution in [1.29, 1.82) is 0 Å². The third kappa shape index (κ3) is 5.52. The summed E-state index contributed by atoms with van der Waals surface area (Å²) in [6, 6.07) is 7.78. The molecular weight excluding hydrogens is 338 g/mol. The van der Waals surface area contributed by atoms with Crippen molar-refractivity contribution in [2.24, 2.45) is 0 Å². The van der Waals surface area contributed by atoms with Crippen LogP contribution in [-0.2, 0) is 22.5 Å². The SMILES string of the molecule is COc1ccc(CCC(=O)Nc2nc(CN3CCOCC3)cs2)cc1. The van der Waals surface area contributed by atoms with E-state index in [1.807, 2.05) is 29.6 Å². The van der Waals surface area contributed by atoms with Crippen LogP contribution in [0.25, 0.3) is 0 Å². The smallest absolute Gasteiger partial charge is 0.226 e. The number of aryl methyl sites for hydroxylation is 1. The zero-order valence-electron chi connectivity index (χ0n) is 14.4. The molecular formula is C18H23N3O3S. The Morgan fingerprint density at radius 2 is 2.08 bits per heavy atom. The van der Waals surface area contributed by atoms with Gasteiger partial charge in [0.05, 0.1) is 26.0 Å². The lowest BCUT2D eigenvalue weighted by Crippen LogP contribution is -2.35. The van der Waals surface area contributed by atoms with Crippen LogP contribution in [0.2, 0.25) is 0 Å². The molecule has 1 aliphatic rings. The van der Waals surface area contributed by atoms with Gasteiger partial charge in [0.25, 0.3) is 0 Å². The van der Waals surface area contributed by atoms with Gasteiger partial charge in [0.1, 0.15) is 5.75 Å². The number of thiazole rings is 1. The van der Waals surface area contributed by atoms with Crippen LogP contribution >= 0.6 is 11.3 Å². The van der Waals surface area contributed by atoms with E-state index in [0.29, 0.717) is 18.0 Å². The molecule has 1 aromatic carbocycles. The average molecular weight is 361 g/mol. The predicted molar refractivity (Wildman–Crippen MR) is 98.2 cm³/mol. The summed E-state index contributed by atoms with van der Waals surface area (Å²) in [6.45, 7) is 4.22. The minimum absolute atomic E-state index is 0.0110. The zero-order valence-corrected chi connectivity index (χ0v) is 15.2. The van der Waals surface area contributed by atoms with Crippen molar-refractivity contribution >= 4 is 22.4 Å². The fourth-order valence-corrected chi connectivity index (χ4v) is 3.37. The first-order chi connectivity index (χ1) is 12.2. The molecule has 1 aromatic heterocycles. The Morgan fingerprint density at radius 1 is 1.32 bits per heavy atom. The standard InChI is InChI=1S/C18H23N3O3S/c1-23-16-5-2-14(3-6-16)4-7-17(22)20-18-19-15(13-25-18)12-21-8-10-24-11-9-21/h2-3,5-6,13H,4,7-12H2,1H3,(H,19,20,22). The third-order valence-electron chi connectivity index (χ3n) is 4.09. The van der Waals surface area contributed by atoms with Crippen LogP contribution in [-0.4, -0.2) is 49.2 Å². The Morgan fingerprint density at radius 3 is 2.80 bits per heavy atom. The van der Waals surface area contributed by atoms with Crippen LogP contribution in [0.1, 0.15) is 17.7 Å². The molecule has 0 atom stereocenters. The molecule has 0 spiro atoms. The van der Waals surface area contributed by atoms with Crippen molar-refractivity contribution in [3.8, 4) is 5.75 Å². The number of anilines is 1. The number of hydrogen-bond acceptors (Lipinski definition) is 6. The largest absolute Gasteiger partial charge is 0.497 e. The van der Waals surface area contributed by atoms with E-state index in [0.717, 1.165) is 49.9 Å². The van der Waals surface area contributed by atoms with Crippen molar-refractivity contribution in [3.05, 3.63) is 40.9 Å². The van der Waals surface area contributed by atoms with E-state index in [1.165, 1.54) is 11.3 Å². The highest BCUT2D eigenvalue weighted by molar-refractivity contribution is 7.13. The zero-order chi connectivity index (χ0) is 17.5. The maximum atomic E-state index is 12.1. The molecule has 1 amide bonds. The van der Waals surface area contributed by atoms with Gasteiger partial charge in [0, 0.05) is 31.4 Å². The lowest BCUT2D eigenvalue weighted by atomic mass is 10.1. The van der Waals surface area contributed by atoms with E-state index in [1.54, 1.807) is 7.11 Å². The van der Waals surface area contributed by atoms with E-state index in [4.69, 9.17) is 9.47 Å². The molecule has 134 valence electrons. The summed E-state index contributed by atoms with van der Waals surface area (Å²) in [6.07, 6.45) is 1.13. The number of morpholine rings is 1. The molecule has 1 N–H and O–H groups in total. The first-order valence-corrected chi connectivity index (χ1v) is 9.28. The fourth-order valence-electron chi connectivity index (χ4n) is 2.66. The molecule has 1 aliphatic heterocycles. The van der Waals surface area contributed by atoms with Gasteiger partial charge in [-0.25, -0.2) is 4.98 Å². The highest BCUT2D eigenvalue weighted by atomic mass is 32.1. The van der Waals surface area contributed by atoms with E-state index in [2.05, 4.69) is 15.2 Å². The monoisotopic (exact) mass is 361 g/mol. The Balaban J connectivity index is 1.44. The molecule has 0 radical (unpaired) electrons. The number of aromatic nitrogens is 1. The number of hydrogen-bond donors (Lipinski definition) is 1. The maximum absolute atomic E-state index is 12.1. The first-order valence-electron chi connectivity index (χ1n) is 8.40. The second-order valence-corrected chi connectivity index (χ2v) is 6.79. The number of carbonyl (C=O) groups excluding carboxylic acids is 1. The van der Waals surface area contributed by atoms with Crippen molar-refractivity contribution < 1.29 is 14.3 Å². The molecule has 1 saturated heterocycles. The van der Waals surface area contributed by atoms with Crippen LogP contribution in [0, 0.1) is 0 Å². The minimum atomic E-state index is -0.0110. The Hall–Kier alpha value is -1.96. The van der Waals surface area contributed by atoms with Crippen molar-refractivity contribution in [2.75, 3.05) is 38.7 Å². The molecule has 0 aliphatic carbocycles. The Labute approximate surface area is 151 Å². The number of nitrogens with zero attached hydrogens (tertiary/aromatic N) is 2. The molecule has 1 fully saturated rings. The molecule has 0 saturated carbocycles. The van der Waals surface area contributed by atoms with Gasteiger partial charge in [-0.1, -0.05) is 12.1 Å². The van der Waals surface area contributed by atoms with E-state index >= 15 is 0 Å². The highest BCUT2D eigenvalue weighted by Crippen LogP contribution is 2.18. The quantitative estimate of drug-likeness (QED) is 0.821. The topological polar surface area (TPSA) is 63.7 Å². The van der Waals surface area contributed by atoms with Crippen LogP contribution in [0.3, 0.4) is 0 Å². The Bertz CT molecular complexity index is 681. The summed E-state index contributed by atoms with van der Waals surface area (Å²) in [7, 11) is 1.64. The first kappa shape index (κ1) is 17.8. The normalized spacial score (nSPS) is 15.1. The van der Waals surface area contributed by atoms with Crippen LogP contribution in [0.15, 0.2) is 29.6 Å². The van der Waals surface area contributed by atoms with E-state index in [9.17, 15) is 4.79 Å². The highest BCUT2D eigenvalue weighted by Gasteiger charge is 2.13. The molecule has 6 nitrogen and oxygen atoms in total. The third-order valence-corrected chi connectivity index (χ3v) is 4.89.